The number of carbonyl (C=O) groups excluding carboxylic acids is 2. The van der Waals surface area contributed by atoms with Crippen LogP contribution in [0.2, 0.25) is 0 Å². The van der Waals surface area contributed by atoms with Crippen LogP contribution < -0.4 is 0 Å². The van der Waals surface area contributed by atoms with Crippen LogP contribution in [0.4, 0.5) is 0 Å². The van der Waals surface area contributed by atoms with Gasteiger partial charge in [0, 0.05) is 19.3 Å². The van der Waals surface area contributed by atoms with Crippen LogP contribution in [0.3, 0.4) is 0 Å². The minimum absolute atomic E-state index is 0.0449. The van der Waals surface area contributed by atoms with Gasteiger partial charge in [-0.15, -0.1) is 0 Å². The highest BCUT2D eigenvalue weighted by molar-refractivity contribution is 5.72. The third-order valence-electron chi connectivity index (χ3n) is 12.2. The second-order valence-electron chi connectivity index (χ2n) is 19.1. The third kappa shape index (κ3) is 43.1. The molecule has 2 atom stereocenters. The fourth-order valence-corrected chi connectivity index (χ4v) is 8.09. The summed E-state index contributed by atoms with van der Waals surface area (Å²) in [5.41, 5.74) is 0. The number of quaternary nitrogens is 1. The van der Waals surface area contributed by atoms with Gasteiger partial charge in [0.2, 0.25) is 0 Å². The maximum atomic E-state index is 12.8. The molecule has 1 N–H and O–H groups in total. The molecule has 0 bridgehead atoms. The molecule has 0 spiro atoms. The van der Waals surface area contributed by atoms with Gasteiger partial charge in [-0.3, -0.25) is 9.59 Å². The van der Waals surface area contributed by atoms with Crippen molar-refractivity contribution in [2.45, 2.75) is 270 Å². The number of unbranched alkanes of at least 4 members (excludes halogenated alkanes) is 32. The molecule has 0 aliphatic heterocycles. The second-order valence-corrected chi connectivity index (χ2v) is 19.1. The monoisotopic (exact) mass is 865 g/mol. The number of carboxylic acid groups (broad SMARTS) is 1. The number of rotatable bonds is 48. The van der Waals surface area contributed by atoms with Gasteiger partial charge in [-0.2, -0.15) is 0 Å². The van der Waals surface area contributed by atoms with E-state index in [4.69, 9.17) is 14.2 Å². The summed E-state index contributed by atoms with van der Waals surface area (Å²) in [6, 6.07) is -0.611. The molecular formula is C53H102NO7+. The van der Waals surface area contributed by atoms with Crippen molar-refractivity contribution in [3.63, 3.8) is 0 Å². The lowest BCUT2D eigenvalue weighted by Gasteiger charge is -2.31. The topological polar surface area (TPSA) is 99.1 Å². The van der Waals surface area contributed by atoms with Crippen molar-refractivity contribution >= 4 is 17.9 Å². The molecule has 8 heteroatoms. The van der Waals surface area contributed by atoms with Gasteiger partial charge >= 0.3 is 17.9 Å². The van der Waals surface area contributed by atoms with E-state index in [0.717, 1.165) is 38.5 Å². The van der Waals surface area contributed by atoms with Gasteiger partial charge in [0.15, 0.2) is 12.1 Å². The van der Waals surface area contributed by atoms with Crippen LogP contribution >= 0.6 is 0 Å². The summed E-state index contributed by atoms with van der Waals surface area (Å²) in [6.45, 7) is 4.78. The average molecular weight is 865 g/mol. The molecule has 0 aliphatic carbocycles. The average Bonchev–Trinajstić information content (AvgIpc) is 3.22. The molecule has 0 amide bonds. The maximum absolute atomic E-state index is 12.8. The second kappa shape index (κ2) is 44.7. The predicted octanol–water partition coefficient (Wildman–Crippen LogP) is 15.0. The lowest BCUT2D eigenvalue weighted by Crippen LogP contribution is -2.50. The Labute approximate surface area is 378 Å². The molecule has 0 aromatic rings. The van der Waals surface area contributed by atoms with E-state index in [2.05, 4.69) is 26.0 Å². The Morgan fingerprint density at radius 1 is 0.475 bits per heavy atom. The Kier molecular flexibility index (Phi) is 43.3. The number of carbonyl (C=O) groups is 3. The number of likely N-dealkylation sites (N-methyl/N-ethyl adjacent to an activating group) is 1. The summed E-state index contributed by atoms with van der Waals surface area (Å²) in [5.74, 6) is -1.45. The zero-order chi connectivity index (χ0) is 44.9. The smallest absolute Gasteiger partial charge is 0.362 e. The summed E-state index contributed by atoms with van der Waals surface area (Å²) < 4.78 is 17.4. The molecule has 61 heavy (non-hydrogen) atoms. The van der Waals surface area contributed by atoms with Gasteiger partial charge in [-0.1, -0.05) is 212 Å². The van der Waals surface area contributed by atoms with E-state index in [9.17, 15) is 19.5 Å². The molecule has 0 radical (unpaired) electrons. The van der Waals surface area contributed by atoms with Crippen molar-refractivity contribution in [2.24, 2.45) is 0 Å². The Morgan fingerprint density at radius 3 is 1.18 bits per heavy atom. The van der Waals surface area contributed by atoms with Crippen LogP contribution in [0.25, 0.3) is 0 Å². The van der Waals surface area contributed by atoms with E-state index in [0.29, 0.717) is 19.3 Å². The molecule has 0 aliphatic rings. The summed E-state index contributed by atoms with van der Waals surface area (Å²) in [7, 11) is 5.55. The standard InChI is InChI=1S/C53H101NO7/c1-6-8-10-12-14-16-18-20-22-24-25-26-27-28-30-32-34-36-38-40-42-44-52(56)61-49(47-59-46-45-50(53(57)58)54(3,4)5)48-60-51(55)43-41-39-37-35-33-31-29-23-21-19-17-15-13-11-9-7-2/h24-25,49-50H,6-23,26-48H2,1-5H3/p+1/b25-24-. The van der Waals surface area contributed by atoms with Crippen LogP contribution in [-0.2, 0) is 28.6 Å². The zero-order valence-corrected chi connectivity index (χ0v) is 41.1. The SMILES string of the molecule is CCCCCCCCCC/C=C\CCCCCCCCCCCC(=O)OC(COCCC(C(=O)O)[N+](C)(C)C)COC(=O)CCCCCCCCCCCCCCCCCC. The Hall–Kier alpha value is -1.93. The highest BCUT2D eigenvalue weighted by atomic mass is 16.6. The Balaban J connectivity index is 4.20. The maximum Gasteiger partial charge on any atom is 0.362 e. The van der Waals surface area contributed by atoms with Gasteiger partial charge in [0.1, 0.15) is 6.61 Å². The molecule has 8 nitrogen and oxygen atoms in total. The molecule has 0 rings (SSSR count). The van der Waals surface area contributed by atoms with Crippen LogP contribution in [-0.4, -0.2) is 80.6 Å². The summed E-state index contributed by atoms with van der Waals surface area (Å²) >= 11 is 0. The molecule has 2 unspecified atom stereocenters. The van der Waals surface area contributed by atoms with Crippen molar-refractivity contribution in [3.05, 3.63) is 12.2 Å². The van der Waals surface area contributed by atoms with Gasteiger partial charge in [0.05, 0.1) is 34.4 Å². The molecule has 0 saturated carbocycles. The number of allylic oxidation sites excluding steroid dienone is 2. The normalized spacial score (nSPS) is 12.9. The van der Waals surface area contributed by atoms with Crippen LogP contribution in [0.1, 0.15) is 258 Å². The third-order valence-corrected chi connectivity index (χ3v) is 12.2. The Morgan fingerprint density at radius 2 is 0.820 bits per heavy atom. The highest BCUT2D eigenvalue weighted by Crippen LogP contribution is 2.16. The summed E-state index contributed by atoms with van der Waals surface area (Å²) in [4.78, 5) is 37.2. The van der Waals surface area contributed by atoms with Crippen molar-refractivity contribution in [1.29, 1.82) is 0 Å². The first-order valence-corrected chi connectivity index (χ1v) is 26.2. The van der Waals surface area contributed by atoms with Crippen molar-refractivity contribution in [2.75, 3.05) is 41.0 Å². The number of hydrogen-bond donors (Lipinski definition) is 1. The molecular weight excluding hydrogens is 763 g/mol. The largest absolute Gasteiger partial charge is 0.477 e. The van der Waals surface area contributed by atoms with Gasteiger partial charge in [-0.05, 0) is 38.5 Å². The minimum atomic E-state index is -0.871. The number of nitrogens with zero attached hydrogens (tertiary/aromatic N) is 1. The van der Waals surface area contributed by atoms with Crippen LogP contribution in [0, 0.1) is 0 Å². The fourth-order valence-electron chi connectivity index (χ4n) is 8.09. The van der Waals surface area contributed by atoms with Gasteiger partial charge in [-0.25, -0.2) is 4.79 Å². The van der Waals surface area contributed by atoms with E-state index < -0.39 is 18.1 Å². The first-order chi connectivity index (χ1) is 29.6. The molecule has 0 aromatic heterocycles. The van der Waals surface area contributed by atoms with Crippen molar-refractivity contribution < 1.29 is 38.2 Å². The van der Waals surface area contributed by atoms with E-state index in [1.54, 1.807) is 0 Å². The van der Waals surface area contributed by atoms with E-state index >= 15 is 0 Å². The number of ether oxygens (including phenoxy) is 3. The summed E-state index contributed by atoms with van der Waals surface area (Å²) in [5, 5.41) is 9.65. The molecule has 0 aromatic carbocycles. The van der Waals surface area contributed by atoms with E-state index in [-0.39, 0.29) is 36.2 Å². The number of aliphatic carboxylic acids is 1. The summed E-state index contributed by atoms with van der Waals surface area (Å²) in [6.07, 6.45) is 49.7. The van der Waals surface area contributed by atoms with Gasteiger partial charge < -0.3 is 23.8 Å². The quantitative estimate of drug-likeness (QED) is 0.0281. The molecule has 360 valence electrons. The van der Waals surface area contributed by atoms with Crippen molar-refractivity contribution in [1.82, 2.24) is 0 Å². The van der Waals surface area contributed by atoms with Gasteiger partial charge in [0.25, 0.3) is 0 Å². The van der Waals surface area contributed by atoms with Crippen molar-refractivity contribution in [3.8, 4) is 0 Å². The lowest BCUT2D eigenvalue weighted by molar-refractivity contribution is -0.887. The zero-order valence-electron chi connectivity index (χ0n) is 41.1. The minimum Gasteiger partial charge on any atom is -0.477 e. The molecule has 0 saturated heterocycles. The van der Waals surface area contributed by atoms with E-state index in [1.165, 1.54) is 186 Å². The van der Waals surface area contributed by atoms with Crippen LogP contribution in [0.15, 0.2) is 12.2 Å². The lowest BCUT2D eigenvalue weighted by atomic mass is 10.0. The van der Waals surface area contributed by atoms with Crippen LogP contribution in [0.5, 0.6) is 0 Å². The highest BCUT2D eigenvalue weighted by Gasteiger charge is 2.31. The van der Waals surface area contributed by atoms with E-state index in [1.807, 2.05) is 21.1 Å². The molecule has 0 fully saturated rings. The number of hydrogen-bond acceptors (Lipinski definition) is 6. The first-order valence-electron chi connectivity index (χ1n) is 26.2. The first kappa shape index (κ1) is 59.1. The molecule has 0 heterocycles. The number of esters is 2. The predicted molar refractivity (Wildman–Crippen MR) is 257 cm³/mol. The number of carboxylic acids is 1. The Bertz CT molecular complexity index is 1010. The fraction of sp³-hybridized carbons (Fsp3) is 0.906.